The number of carbonyl (C=O) groups excluding carboxylic acids is 2. The number of pyridine rings is 1. The number of hydrogen-bond acceptors (Lipinski definition) is 5. The summed E-state index contributed by atoms with van der Waals surface area (Å²) in [6, 6.07) is 13.7. The van der Waals surface area contributed by atoms with Crippen LogP contribution in [-0.4, -0.2) is 23.1 Å². The molecule has 0 aliphatic rings. The molecule has 0 saturated carbocycles. The number of nitrogens with zero attached hydrogens (tertiary/aromatic N) is 1. The zero-order chi connectivity index (χ0) is 18.7. The number of primary amides is 1. The second kappa shape index (κ2) is 7.76. The first-order chi connectivity index (χ1) is 12.5. The zero-order valence-corrected chi connectivity index (χ0v) is 15.4. The lowest BCUT2D eigenvalue weighted by Crippen LogP contribution is -2.11. The molecule has 0 radical (unpaired) electrons. The molecule has 2 aromatic carbocycles. The molecule has 0 unspecified atom stereocenters. The SMILES string of the molecule is CSc1ccc2cc(COC(=O)c3ccc(C(N)=O)cc3)c(Cl)nc2c1. The molecule has 0 fully saturated rings. The zero-order valence-electron chi connectivity index (χ0n) is 13.9. The number of hydrogen-bond donors (Lipinski definition) is 1. The van der Waals surface area contributed by atoms with Crippen LogP contribution in [0.2, 0.25) is 5.15 Å². The molecular weight excluding hydrogens is 372 g/mol. The summed E-state index contributed by atoms with van der Waals surface area (Å²) >= 11 is 7.85. The van der Waals surface area contributed by atoms with Crippen LogP contribution in [0, 0.1) is 0 Å². The van der Waals surface area contributed by atoms with E-state index in [-0.39, 0.29) is 6.61 Å². The first-order valence-corrected chi connectivity index (χ1v) is 9.28. The van der Waals surface area contributed by atoms with E-state index in [1.807, 2.05) is 30.5 Å². The van der Waals surface area contributed by atoms with Crippen molar-refractivity contribution in [2.24, 2.45) is 5.73 Å². The Labute approximate surface area is 159 Å². The van der Waals surface area contributed by atoms with Crippen molar-refractivity contribution in [1.82, 2.24) is 4.98 Å². The molecule has 26 heavy (non-hydrogen) atoms. The van der Waals surface area contributed by atoms with Gasteiger partial charge < -0.3 is 10.5 Å². The molecule has 2 N–H and O–H groups in total. The summed E-state index contributed by atoms with van der Waals surface area (Å²) in [6.45, 7) is 0.00244. The van der Waals surface area contributed by atoms with E-state index in [2.05, 4.69) is 4.98 Å². The Morgan fingerprint density at radius 3 is 2.46 bits per heavy atom. The fourth-order valence-electron chi connectivity index (χ4n) is 2.39. The Bertz CT molecular complexity index is 990. The first kappa shape index (κ1) is 18.2. The Morgan fingerprint density at radius 2 is 1.81 bits per heavy atom. The summed E-state index contributed by atoms with van der Waals surface area (Å²) in [5.41, 5.74) is 7.24. The molecule has 0 saturated heterocycles. The quantitative estimate of drug-likeness (QED) is 0.406. The van der Waals surface area contributed by atoms with Gasteiger partial charge in [0, 0.05) is 21.4 Å². The van der Waals surface area contributed by atoms with Crippen LogP contribution in [0.15, 0.2) is 53.4 Å². The number of thioether (sulfide) groups is 1. The molecule has 5 nitrogen and oxygen atoms in total. The smallest absolute Gasteiger partial charge is 0.338 e. The molecule has 3 aromatic rings. The molecule has 132 valence electrons. The molecule has 0 aliphatic carbocycles. The van der Waals surface area contributed by atoms with Gasteiger partial charge in [-0.2, -0.15) is 0 Å². The van der Waals surface area contributed by atoms with Crippen LogP contribution in [0.1, 0.15) is 26.3 Å². The molecule has 1 aromatic heterocycles. The number of aromatic nitrogens is 1. The summed E-state index contributed by atoms with van der Waals surface area (Å²) in [7, 11) is 0. The van der Waals surface area contributed by atoms with Crippen LogP contribution in [-0.2, 0) is 11.3 Å². The number of halogens is 1. The third kappa shape index (κ3) is 3.98. The monoisotopic (exact) mass is 386 g/mol. The number of fused-ring (bicyclic) bond motifs is 1. The third-order valence-corrected chi connectivity index (χ3v) is 4.87. The Hall–Kier alpha value is -2.57. The maximum atomic E-state index is 12.2. The third-order valence-electron chi connectivity index (χ3n) is 3.81. The van der Waals surface area contributed by atoms with Crippen molar-refractivity contribution in [1.29, 1.82) is 0 Å². The maximum Gasteiger partial charge on any atom is 0.338 e. The van der Waals surface area contributed by atoms with E-state index in [1.54, 1.807) is 11.8 Å². The average Bonchev–Trinajstić information content (AvgIpc) is 2.65. The van der Waals surface area contributed by atoms with Gasteiger partial charge in [0.2, 0.25) is 5.91 Å². The number of ether oxygens (including phenoxy) is 1. The molecular formula is C19H15ClN2O3S. The van der Waals surface area contributed by atoms with Gasteiger partial charge in [-0.25, -0.2) is 9.78 Å². The Balaban J connectivity index is 1.75. The number of nitrogens with two attached hydrogens (primary N) is 1. The molecule has 1 heterocycles. The number of carbonyl (C=O) groups is 2. The van der Waals surface area contributed by atoms with E-state index >= 15 is 0 Å². The number of benzene rings is 2. The van der Waals surface area contributed by atoms with Crippen LogP contribution in [0.5, 0.6) is 0 Å². The van der Waals surface area contributed by atoms with Crippen molar-refractivity contribution in [2.45, 2.75) is 11.5 Å². The fraction of sp³-hybridized carbons (Fsp3) is 0.105. The van der Waals surface area contributed by atoms with E-state index < -0.39 is 11.9 Å². The van der Waals surface area contributed by atoms with Gasteiger partial charge >= 0.3 is 5.97 Å². The Morgan fingerprint density at radius 1 is 1.12 bits per heavy atom. The highest BCUT2D eigenvalue weighted by atomic mass is 35.5. The van der Waals surface area contributed by atoms with Crippen molar-refractivity contribution in [3.8, 4) is 0 Å². The van der Waals surface area contributed by atoms with Crippen LogP contribution in [0.4, 0.5) is 0 Å². The minimum Gasteiger partial charge on any atom is -0.457 e. The minimum absolute atomic E-state index is 0.00244. The van der Waals surface area contributed by atoms with Crippen LogP contribution in [0.3, 0.4) is 0 Å². The molecule has 3 rings (SSSR count). The van der Waals surface area contributed by atoms with Gasteiger partial charge in [-0.1, -0.05) is 17.7 Å². The van der Waals surface area contributed by atoms with Gasteiger partial charge in [-0.3, -0.25) is 4.79 Å². The molecule has 0 spiro atoms. The molecule has 0 aliphatic heterocycles. The highest BCUT2D eigenvalue weighted by Gasteiger charge is 2.12. The normalized spacial score (nSPS) is 10.7. The predicted octanol–water partition coefficient (Wildman–Crippen LogP) is 4.07. The van der Waals surface area contributed by atoms with Crippen molar-refractivity contribution in [3.05, 3.63) is 70.4 Å². The summed E-state index contributed by atoms with van der Waals surface area (Å²) < 4.78 is 5.31. The summed E-state index contributed by atoms with van der Waals surface area (Å²) in [6.07, 6.45) is 1.99. The second-order valence-corrected chi connectivity index (χ2v) is 6.75. The minimum atomic E-state index is -0.552. The highest BCUT2D eigenvalue weighted by molar-refractivity contribution is 7.98. The first-order valence-electron chi connectivity index (χ1n) is 7.68. The van der Waals surface area contributed by atoms with E-state index in [1.165, 1.54) is 24.3 Å². The molecule has 0 bridgehead atoms. The van der Waals surface area contributed by atoms with Crippen LogP contribution in [0.25, 0.3) is 10.9 Å². The van der Waals surface area contributed by atoms with Crippen LogP contribution >= 0.6 is 23.4 Å². The fourth-order valence-corrected chi connectivity index (χ4v) is 3.03. The average molecular weight is 387 g/mol. The Kier molecular flexibility index (Phi) is 5.44. The molecule has 1 amide bonds. The topological polar surface area (TPSA) is 82.3 Å². The van der Waals surface area contributed by atoms with E-state index in [4.69, 9.17) is 22.1 Å². The summed E-state index contributed by atoms with van der Waals surface area (Å²) in [4.78, 5) is 28.7. The predicted molar refractivity (Wildman–Crippen MR) is 103 cm³/mol. The van der Waals surface area contributed by atoms with Gasteiger partial charge in [0.1, 0.15) is 11.8 Å². The van der Waals surface area contributed by atoms with E-state index in [0.29, 0.717) is 21.8 Å². The lowest BCUT2D eigenvalue weighted by atomic mass is 10.1. The summed E-state index contributed by atoms with van der Waals surface area (Å²) in [5, 5.41) is 1.22. The molecule has 7 heteroatoms. The second-order valence-electron chi connectivity index (χ2n) is 5.51. The lowest BCUT2D eigenvalue weighted by Gasteiger charge is -2.09. The largest absolute Gasteiger partial charge is 0.457 e. The van der Waals surface area contributed by atoms with Crippen molar-refractivity contribution >= 4 is 46.1 Å². The number of rotatable bonds is 5. The van der Waals surface area contributed by atoms with Gasteiger partial charge in [0.05, 0.1) is 11.1 Å². The lowest BCUT2D eigenvalue weighted by molar-refractivity contribution is 0.0472. The maximum absolute atomic E-state index is 12.2. The van der Waals surface area contributed by atoms with Gasteiger partial charge in [-0.15, -0.1) is 11.8 Å². The summed E-state index contributed by atoms with van der Waals surface area (Å²) in [5.74, 6) is -1.07. The number of amides is 1. The van der Waals surface area contributed by atoms with E-state index in [9.17, 15) is 9.59 Å². The van der Waals surface area contributed by atoms with Crippen LogP contribution < -0.4 is 5.73 Å². The van der Waals surface area contributed by atoms with Crippen molar-refractivity contribution < 1.29 is 14.3 Å². The standard InChI is InChI=1S/C19H15ClN2O3S/c1-26-15-7-6-13-8-14(17(20)22-16(13)9-15)10-25-19(24)12-4-2-11(3-5-12)18(21)23/h2-9H,10H2,1H3,(H2,21,23). The van der Waals surface area contributed by atoms with E-state index in [0.717, 1.165) is 15.8 Å². The van der Waals surface area contributed by atoms with Crippen molar-refractivity contribution in [3.63, 3.8) is 0 Å². The van der Waals surface area contributed by atoms with Gasteiger partial charge in [0.25, 0.3) is 0 Å². The number of esters is 1. The molecule has 0 atom stereocenters. The van der Waals surface area contributed by atoms with Crippen molar-refractivity contribution in [2.75, 3.05) is 6.26 Å². The van der Waals surface area contributed by atoms with Gasteiger partial charge in [0.15, 0.2) is 0 Å². The van der Waals surface area contributed by atoms with Gasteiger partial charge in [-0.05, 0) is 48.7 Å². The highest BCUT2D eigenvalue weighted by Crippen LogP contribution is 2.25.